The summed E-state index contributed by atoms with van der Waals surface area (Å²) in [6.07, 6.45) is 7.38. The van der Waals surface area contributed by atoms with Crippen molar-refractivity contribution in [3.05, 3.63) is 12.2 Å². The van der Waals surface area contributed by atoms with Gasteiger partial charge in [-0.15, -0.1) is 0 Å². The van der Waals surface area contributed by atoms with E-state index in [0.717, 1.165) is 12.3 Å². The van der Waals surface area contributed by atoms with Gasteiger partial charge in [0.2, 0.25) is 0 Å². The smallest absolute Gasteiger partial charge is 0.333 e. The predicted octanol–water partition coefficient (Wildman–Crippen LogP) is 4.10. The molecule has 1 aliphatic carbocycles. The normalized spacial score (nSPS) is 17.8. The van der Waals surface area contributed by atoms with Crippen molar-refractivity contribution in [2.45, 2.75) is 59.3 Å². The molecule has 1 fully saturated rings. The summed E-state index contributed by atoms with van der Waals surface area (Å²) in [5, 5.41) is 0. The molecule has 1 aliphatic rings. The molecule has 1 saturated carbocycles. The van der Waals surface area contributed by atoms with E-state index in [4.69, 9.17) is 4.74 Å². The number of hydrogen-bond acceptors (Lipinski definition) is 2. The van der Waals surface area contributed by atoms with Gasteiger partial charge in [-0.3, -0.25) is 0 Å². The van der Waals surface area contributed by atoms with Crippen molar-refractivity contribution >= 4 is 5.97 Å². The van der Waals surface area contributed by atoms with Crippen LogP contribution in [0, 0.1) is 11.3 Å². The Labute approximate surface area is 105 Å². The van der Waals surface area contributed by atoms with Gasteiger partial charge in [0.1, 0.15) is 0 Å². The average Bonchev–Trinajstić information content (AvgIpc) is 2.30. The number of esters is 1. The molecule has 0 radical (unpaired) electrons. The van der Waals surface area contributed by atoms with Crippen LogP contribution in [0.25, 0.3) is 0 Å². The van der Waals surface area contributed by atoms with Gasteiger partial charge in [0.15, 0.2) is 0 Å². The van der Waals surface area contributed by atoms with E-state index in [-0.39, 0.29) is 11.4 Å². The molecule has 0 unspecified atom stereocenters. The molecule has 0 spiro atoms. The second kappa shape index (κ2) is 6.23. The van der Waals surface area contributed by atoms with E-state index in [9.17, 15) is 4.79 Å². The topological polar surface area (TPSA) is 26.3 Å². The van der Waals surface area contributed by atoms with Crippen molar-refractivity contribution < 1.29 is 9.53 Å². The summed E-state index contributed by atoms with van der Waals surface area (Å²) in [7, 11) is 0. The maximum atomic E-state index is 11.6. The van der Waals surface area contributed by atoms with Crippen molar-refractivity contribution in [1.29, 1.82) is 0 Å². The largest absolute Gasteiger partial charge is 0.463 e. The van der Waals surface area contributed by atoms with Gasteiger partial charge >= 0.3 is 5.97 Å². The summed E-state index contributed by atoms with van der Waals surface area (Å²) < 4.78 is 5.00. The quantitative estimate of drug-likeness (QED) is 0.532. The molecule has 0 aromatic rings. The van der Waals surface area contributed by atoms with Crippen LogP contribution in [0.1, 0.15) is 59.3 Å². The molecule has 1 rings (SSSR count). The van der Waals surface area contributed by atoms with E-state index in [1.165, 1.54) is 32.1 Å². The van der Waals surface area contributed by atoms with Crippen molar-refractivity contribution in [3.8, 4) is 0 Å². The van der Waals surface area contributed by atoms with Gasteiger partial charge in [-0.2, -0.15) is 0 Å². The molecule has 0 atom stereocenters. The zero-order valence-corrected chi connectivity index (χ0v) is 11.6. The zero-order chi connectivity index (χ0) is 12.9. The summed E-state index contributed by atoms with van der Waals surface area (Å²) in [5.41, 5.74) is 0.798. The summed E-state index contributed by atoms with van der Waals surface area (Å²) in [6.45, 7) is 10.7. The number of rotatable bonds is 5. The molecule has 0 N–H and O–H groups in total. The first-order chi connectivity index (χ1) is 7.97. The molecule has 0 amide bonds. The third-order valence-corrected chi connectivity index (χ3v) is 3.94. The SMILES string of the molecule is C=C(CC(C)(C)C1CCCCC1)C(=O)OCC. The fourth-order valence-electron chi connectivity index (χ4n) is 2.88. The van der Waals surface area contributed by atoms with Crippen molar-refractivity contribution in [2.75, 3.05) is 6.61 Å². The summed E-state index contributed by atoms with van der Waals surface area (Å²) in [5.74, 6) is 0.499. The maximum Gasteiger partial charge on any atom is 0.333 e. The second-order valence-corrected chi connectivity index (χ2v) is 5.82. The molecule has 0 aromatic heterocycles. The Kier molecular flexibility index (Phi) is 5.23. The van der Waals surface area contributed by atoms with Crippen LogP contribution >= 0.6 is 0 Å². The molecule has 0 aromatic carbocycles. The lowest BCUT2D eigenvalue weighted by Crippen LogP contribution is -2.28. The molecule has 0 aliphatic heterocycles. The highest BCUT2D eigenvalue weighted by atomic mass is 16.5. The highest BCUT2D eigenvalue weighted by Gasteiger charge is 2.32. The number of carbonyl (C=O) groups excluding carboxylic acids is 1. The minimum Gasteiger partial charge on any atom is -0.463 e. The maximum absolute atomic E-state index is 11.6. The van der Waals surface area contributed by atoms with Crippen LogP contribution in [0.2, 0.25) is 0 Å². The number of ether oxygens (including phenoxy) is 1. The molecular weight excluding hydrogens is 212 g/mol. The van der Waals surface area contributed by atoms with Crippen LogP contribution in [0.3, 0.4) is 0 Å². The average molecular weight is 238 g/mol. The highest BCUT2D eigenvalue weighted by Crippen LogP contribution is 2.42. The van der Waals surface area contributed by atoms with E-state index < -0.39 is 0 Å². The van der Waals surface area contributed by atoms with Gasteiger partial charge in [0.25, 0.3) is 0 Å². The van der Waals surface area contributed by atoms with Gasteiger partial charge in [-0.1, -0.05) is 39.7 Å². The predicted molar refractivity (Wildman–Crippen MR) is 70.7 cm³/mol. The van der Waals surface area contributed by atoms with Gasteiger partial charge in [0, 0.05) is 5.57 Å². The van der Waals surface area contributed by atoms with Gasteiger partial charge in [-0.05, 0) is 37.5 Å². The second-order valence-electron chi connectivity index (χ2n) is 5.82. The van der Waals surface area contributed by atoms with Gasteiger partial charge < -0.3 is 4.74 Å². The number of hydrogen-bond donors (Lipinski definition) is 0. The van der Waals surface area contributed by atoms with E-state index in [0.29, 0.717) is 12.2 Å². The van der Waals surface area contributed by atoms with Crippen LogP contribution in [0.5, 0.6) is 0 Å². The first-order valence-corrected chi connectivity index (χ1v) is 6.82. The monoisotopic (exact) mass is 238 g/mol. The Morgan fingerprint density at radius 2 is 1.88 bits per heavy atom. The standard InChI is InChI=1S/C15H26O2/c1-5-17-14(16)12(2)11-15(3,4)13-9-7-6-8-10-13/h13H,2,5-11H2,1,3-4H3. The summed E-state index contributed by atoms with van der Waals surface area (Å²) in [6, 6.07) is 0. The van der Waals surface area contributed by atoms with Crippen LogP contribution in [0.15, 0.2) is 12.2 Å². The fraction of sp³-hybridized carbons (Fsp3) is 0.800. The molecule has 0 bridgehead atoms. The Morgan fingerprint density at radius 3 is 2.41 bits per heavy atom. The summed E-state index contributed by atoms with van der Waals surface area (Å²) >= 11 is 0. The van der Waals surface area contributed by atoms with E-state index in [1.54, 1.807) is 0 Å². The Balaban J connectivity index is 2.52. The molecule has 0 saturated heterocycles. The minimum absolute atomic E-state index is 0.171. The minimum atomic E-state index is -0.226. The van der Waals surface area contributed by atoms with Crippen molar-refractivity contribution in [2.24, 2.45) is 11.3 Å². The molecule has 17 heavy (non-hydrogen) atoms. The lowest BCUT2D eigenvalue weighted by atomic mass is 9.68. The molecular formula is C15H26O2. The van der Waals surface area contributed by atoms with Crippen molar-refractivity contribution in [3.63, 3.8) is 0 Å². The highest BCUT2D eigenvalue weighted by molar-refractivity contribution is 5.87. The van der Waals surface area contributed by atoms with Crippen LogP contribution in [-0.4, -0.2) is 12.6 Å². The first kappa shape index (κ1) is 14.3. The zero-order valence-electron chi connectivity index (χ0n) is 11.6. The Bertz CT molecular complexity index is 273. The van der Waals surface area contributed by atoms with Crippen LogP contribution in [-0.2, 0) is 9.53 Å². The molecule has 2 nitrogen and oxygen atoms in total. The molecule has 0 heterocycles. The number of carbonyl (C=O) groups is 1. The molecule has 98 valence electrons. The van der Waals surface area contributed by atoms with E-state index >= 15 is 0 Å². The Hall–Kier alpha value is -0.790. The molecule has 2 heteroatoms. The summed E-state index contributed by atoms with van der Waals surface area (Å²) in [4.78, 5) is 11.6. The van der Waals surface area contributed by atoms with Gasteiger partial charge in [-0.25, -0.2) is 4.79 Å². The lowest BCUT2D eigenvalue weighted by molar-refractivity contribution is -0.139. The van der Waals surface area contributed by atoms with Crippen molar-refractivity contribution in [1.82, 2.24) is 0 Å². The fourth-order valence-corrected chi connectivity index (χ4v) is 2.88. The Morgan fingerprint density at radius 1 is 1.29 bits per heavy atom. The first-order valence-electron chi connectivity index (χ1n) is 6.82. The third kappa shape index (κ3) is 4.18. The van der Waals surface area contributed by atoms with Crippen LogP contribution in [0.4, 0.5) is 0 Å². The van der Waals surface area contributed by atoms with E-state index in [2.05, 4.69) is 20.4 Å². The third-order valence-electron chi connectivity index (χ3n) is 3.94. The van der Waals surface area contributed by atoms with E-state index in [1.807, 2.05) is 6.92 Å². The van der Waals surface area contributed by atoms with Crippen LogP contribution < -0.4 is 0 Å². The lowest BCUT2D eigenvalue weighted by Gasteiger charge is -2.37. The van der Waals surface area contributed by atoms with Gasteiger partial charge in [0.05, 0.1) is 6.61 Å².